The maximum absolute atomic E-state index is 6.02. The van der Waals surface area contributed by atoms with Crippen molar-refractivity contribution in [3.63, 3.8) is 0 Å². The number of aromatic nitrogens is 4. The number of thioether (sulfide) groups is 1. The number of ether oxygens (including phenoxy) is 1. The standard InChI is InChI=1S/C21H24N6O2S/c1-5-26-20(16-6-8-18(28-4)9-7-16)24-25-21(26)30-15(3)19-13-23-27(29-19)17-10-11-22-14(2)12-17/h6-13,15,19H,5H2,1-4H3. The molecule has 1 aliphatic rings. The molecule has 8 nitrogen and oxygen atoms in total. The lowest BCUT2D eigenvalue weighted by atomic mass is 10.2. The highest BCUT2D eigenvalue weighted by molar-refractivity contribution is 7.99. The van der Waals surface area contributed by atoms with Crippen LogP contribution in [0.25, 0.3) is 11.4 Å². The average Bonchev–Trinajstić information content (AvgIpc) is 3.41. The molecule has 3 aromatic rings. The van der Waals surface area contributed by atoms with Gasteiger partial charge in [-0.2, -0.15) is 5.10 Å². The van der Waals surface area contributed by atoms with E-state index in [0.29, 0.717) is 0 Å². The molecule has 0 amide bonds. The first-order chi connectivity index (χ1) is 14.6. The van der Waals surface area contributed by atoms with E-state index in [-0.39, 0.29) is 11.4 Å². The van der Waals surface area contributed by atoms with Gasteiger partial charge >= 0.3 is 0 Å². The Morgan fingerprint density at radius 1 is 1.20 bits per heavy atom. The molecule has 30 heavy (non-hydrogen) atoms. The molecule has 2 unspecified atom stereocenters. The second kappa shape index (κ2) is 8.85. The van der Waals surface area contributed by atoms with Crippen LogP contribution in [0.2, 0.25) is 0 Å². The molecule has 0 saturated heterocycles. The van der Waals surface area contributed by atoms with Crippen LogP contribution in [-0.4, -0.2) is 44.4 Å². The molecule has 0 spiro atoms. The molecule has 3 heterocycles. The minimum atomic E-state index is -0.171. The zero-order valence-corrected chi connectivity index (χ0v) is 18.2. The molecule has 4 rings (SSSR count). The van der Waals surface area contributed by atoms with Crippen LogP contribution in [-0.2, 0) is 11.4 Å². The summed E-state index contributed by atoms with van der Waals surface area (Å²) in [6.45, 7) is 6.90. The molecular weight excluding hydrogens is 400 g/mol. The lowest BCUT2D eigenvalue weighted by Gasteiger charge is -2.19. The lowest BCUT2D eigenvalue weighted by Crippen LogP contribution is -2.26. The van der Waals surface area contributed by atoms with Gasteiger partial charge in [0.15, 0.2) is 11.0 Å². The summed E-state index contributed by atoms with van der Waals surface area (Å²) in [6.07, 6.45) is 3.40. The van der Waals surface area contributed by atoms with E-state index in [1.165, 1.54) is 0 Å². The first kappa shape index (κ1) is 20.4. The van der Waals surface area contributed by atoms with Gasteiger partial charge in [0.05, 0.1) is 19.0 Å². The summed E-state index contributed by atoms with van der Waals surface area (Å²) in [7, 11) is 1.66. The van der Waals surface area contributed by atoms with Crippen molar-refractivity contribution in [1.29, 1.82) is 0 Å². The van der Waals surface area contributed by atoms with E-state index in [9.17, 15) is 0 Å². The molecular formula is C21H24N6O2S. The maximum Gasteiger partial charge on any atom is 0.191 e. The monoisotopic (exact) mass is 424 g/mol. The average molecular weight is 425 g/mol. The molecule has 2 aromatic heterocycles. The van der Waals surface area contributed by atoms with E-state index in [4.69, 9.17) is 9.57 Å². The summed E-state index contributed by atoms with van der Waals surface area (Å²) in [5, 5.41) is 15.7. The predicted molar refractivity (Wildman–Crippen MR) is 118 cm³/mol. The number of hydrogen-bond donors (Lipinski definition) is 0. The van der Waals surface area contributed by atoms with Gasteiger partial charge in [0.2, 0.25) is 0 Å². The fourth-order valence-corrected chi connectivity index (χ4v) is 4.15. The van der Waals surface area contributed by atoms with Crippen LogP contribution in [0.1, 0.15) is 19.5 Å². The molecule has 0 N–H and O–H groups in total. The highest BCUT2D eigenvalue weighted by atomic mass is 32.2. The summed E-state index contributed by atoms with van der Waals surface area (Å²) in [4.78, 5) is 10.2. The predicted octanol–water partition coefficient (Wildman–Crippen LogP) is 3.96. The van der Waals surface area contributed by atoms with Crippen molar-refractivity contribution in [2.24, 2.45) is 5.10 Å². The third-order valence-corrected chi connectivity index (χ3v) is 5.93. The quantitative estimate of drug-likeness (QED) is 0.531. The van der Waals surface area contributed by atoms with Crippen LogP contribution in [0.5, 0.6) is 5.75 Å². The van der Waals surface area contributed by atoms with Gasteiger partial charge in [-0.05, 0) is 57.2 Å². The Morgan fingerprint density at radius 3 is 2.70 bits per heavy atom. The van der Waals surface area contributed by atoms with Crippen LogP contribution >= 0.6 is 11.8 Å². The van der Waals surface area contributed by atoms with E-state index >= 15 is 0 Å². The fourth-order valence-electron chi connectivity index (χ4n) is 3.13. The number of methoxy groups -OCH3 is 1. The summed E-state index contributed by atoms with van der Waals surface area (Å²) >= 11 is 1.62. The van der Waals surface area contributed by atoms with Crippen molar-refractivity contribution in [1.82, 2.24) is 19.7 Å². The summed E-state index contributed by atoms with van der Waals surface area (Å²) in [5.74, 6) is 1.65. The van der Waals surface area contributed by atoms with Gasteiger partial charge in [-0.3, -0.25) is 4.98 Å². The van der Waals surface area contributed by atoms with Gasteiger partial charge in [-0.1, -0.05) is 11.8 Å². The third kappa shape index (κ3) is 4.17. The van der Waals surface area contributed by atoms with Gasteiger partial charge in [0.1, 0.15) is 11.9 Å². The lowest BCUT2D eigenvalue weighted by molar-refractivity contribution is 0.0990. The number of anilines is 1. The first-order valence-electron chi connectivity index (χ1n) is 9.77. The van der Waals surface area contributed by atoms with Crippen molar-refractivity contribution in [2.45, 2.75) is 43.8 Å². The first-order valence-corrected chi connectivity index (χ1v) is 10.6. The smallest absolute Gasteiger partial charge is 0.191 e. The van der Waals surface area contributed by atoms with Gasteiger partial charge in [0.25, 0.3) is 0 Å². The summed E-state index contributed by atoms with van der Waals surface area (Å²) in [5.41, 5.74) is 2.78. The van der Waals surface area contributed by atoms with Crippen molar-refractivity contribution in [3.8, 4) is 17.1 Å². The van der Waals surface area contributed by atoms with E-state index < -0.39 is 0 Å². The molecule has 2 atom stereocenters. The summed E-state index contributed by atoms with van der Waals surface area (Å²) in [6, 6.07) is 11.7. The van der Waals surface area contributed by atoms with Crippen molar-refractivity contribution in [3.05, 3.63) is 48.3 Å². The largest absolute Gasteiger partial charge is 0.497 e. The van der Waals surface area contributed by atoms with Gasteiger partial charge < -0.3 is 9.30 Å². The molecule has 0 radical (unpaired) electrons. The van der Waals surface area contributed by atoms with Gasteiger partial charge in [-0.15, -0.1) is 15.4 Å². The molecule has 1 aliphatic heterocycles. The number of rotatable bonds is 7. The zero-order valence-electron chi connectivity index (χ0n) is 17.4. The van der Waals surface area contributed by atoms with Crippen LogP contribution in [0.15, 0.2) is 52.9 Å². The minimum absolute atomic E-state index is 0.0971. The van der Waals surface area contributed by atoms with Crippen LogP contribution < -0.4 is 9.91 Å². The summed E-state index contributed by atoms with van der Waals surface area (Å²) < 4.78 is 7.35. The maximum atomic E-state index is 6.02. The number of pyridine rings is 1. The molecule has 1 aromatic carbocycles. The highest BCUT2D eigenvalue weighted by Gasteiger charge is 2.28. The normalized spacial score (nSPS) is 16.8. The second-order valence-corrected chi connectivity index (χ2v) is 8.21. The van der Waals surface area contributed by atoms with E-state index in [0.717, 1.165) is 40.2 Å². The molecule has 0 bridgehead atoms. The Bertz CT molecular complexity index is 1040. The number of benzene rings is 1. The number of hydrogen-bond acceptors (Lipinski definition) is 8. The zero-order chi connectivity index (χ0) is 21.1. The van der Waals surface area contributed by atoms with Crippen LogP contribution in [0.4, 0.5) is 5.69 Å². The number of aryl methyl sites for hydroxylation is 1. The number of hydrazone groups is 1. The van der Waals surface area contributed by atoms with Crippen LogP contribution in [0, 0.1) is 6.92 Å². The molecule has 156 valence electrons. The fraction of sp³-hybridized carbons (Fsp3) is 0.333. The Balaban J connectivity index is 1.46. The van der Waals surface area contributed by atoms with Gasteiger partial charge in [-0.25, -0.2) is 4.84 Å². The second-order valence-electron chi connectivity index (χ2n) is 6.86. The molecule has 0 saturated carbocycles. The van der Waals surface area contributed by atoms with Crippen molar-refractivity contribution in [2.75, 3.05) is 12.3 Å². The topological polar surface area (TPSA) is 77.7 Å². The Kier molecular flexibility index (Phi) is 6.01. The minimum Gasteiger partial charge on any atom is -0.497 e. The highest BCUT2D eigenvalue weighted by Crippen LogP contribution is 2.31. The Hall–Kier alpha value is -2.91. The molecule has 9 heteroatoms. The van der Waals surface area contributed by atoms with Crippen LogP contribution in [0.3, 0.4) is 0 Å². The van der Waals surface area contributed by atoms with Crippen molar-refractivity contribution < 1.29 is 9.57 Å². The number of nitrogens with zero attached hydrogens (tertiary/aromatic N) is 6. The Morgan fingerprint density at radius 2 is 2.00 bits per heavy atom. The van der Waals surface area contributed by atoms with Crippen molar-refractivity contribution >= 4 is 23.7 Å². The third-order valence-electron chi connectivity index (χ3n) is 4.78. The molecule has 0 fully saturated rings. The van der Waals surface area contributed by atoms with Gasteiger partial charge in [0, 0.05) is 29.2 Å². The SMILES string of the molecule is CCn1c(SC(C)C2C=NN(c3ccnc(C)c3)O2)nnc1-c1ccc(OC)cc1. The van der Waals surface area contributed by atoms with E-state index in [2.05, 4.69) is 38.7 Å². The van der Waals surface area contributed by atoms with E-state index in [1.807, 2.05) is 49.5 Å². The Labute approximate surface area is 179 Å². The van der Waals surface area contributed by atoms with E-state index in [1.54, 1.807) is 30.2 Å². The molecule has 0 aliphatic carbocycles.